The highest BCUT2D eigenvalue weighted by atomic mass is 32.2. The molecule has 0 saturated carbocycles. The minimum atomic E-state index is -0.647. The van der Waals surface area contributed by atoms with Crippen LogP contribution in [0.25, 0.3) is 5.69 Å². The van der Waals surface area contributed by atoms with Crippen LogP contribution in [0.4, 0.5) is 5.00 Å². The number of thiophene rings is 1. The first-order valence-electron chi connectivity index (χ1n) is 10.9. The van der Waals surface area contributed by atoms with Gasteiger partial charge in [0.2, 0.25) is 17.5 Å². The fraction of sp³-hybridized carbons (Fsp3) is 0.348. The number of amides is 2. The molecule has 0 radical (unpaired) electrons. The summed E-state index contributed by atoms with van der Waals surface area (Å²) in [6.45, 7) is 6.23. The molecule has 4 rings (SSSR count). The molecule has 1 N–H and O–H groups in total. The SMILES string of the molecule is CCOC(=O)c1c(NC(=O)CSc2c([O-])on[n+]2-c2ccc(C)cc2)sc2c1CCN(C(C)=O)C2. The van der Waals surface area contributed by atoms with Gasteiger partial charge in [-0.1, -0.05) is 17.7 Å². The van der Waals surface area contributed by atoms with Gasteiger partial charge in [-0.05, 0) is 42.3 Å². The summed E-state index contributed by atoms with van der Waals surface area (Å²) in [7, 11) is 0. The van der Waals surface area contributed by atoms with E-state index >= 15 is 0 Å². The fourth-order valence-electron chi connectivity index (χ4n) is 3.69. The summed E-state index contributed by atoms with van der Waals surface area (Å²) in [4.78, 5) is 39.9. The Balaban J connectivity index is 1.52. The van der Waals surface area contributed by atoms with E-state index in [9.17, 15) is 19.5 Å². The van der Waals surface area contributed by atoms with Crippen LogP contribution >= 0.6 is 23.1 Å². The Labute approximate surface area is 209 Å². The summed E-state index contributed by atoms with van der Waals surface area (Å²) in [6, 6.07) is 7.36. The molecule has 0 saturated heterocycles. The molecule has 1 aromatic carbocycles. The quantitative estimate of drug-likeness (QED) is 0.288. The Hall–Kier alpha value is -3.38. The van der Waals surface area contributed by atoms with Gasteiger partial charge in [0, 0.05) is 30.5 Å². The first-order chi connectivity index (χ1) is 16.8. The second kappa shape index (κ2) is 10.5. The number of hydrogen-bond acceptors (Lipinski definition) is 9. The standard InChI is InChI=1S/C23H24N4O6S2/c1-4-32-22(30)19-16-9-10-26(14(3)28)11-17(16)35-20(19)24-18(29)12-34-21-23(31)33-25-27(21)15-7-5-13(2)6-8-15/h5-8H,4,9-12H2,1-3H3,(H-,24,25,29,30,31). The van der Waals surface area contributed by atoms with E-state index in [1.807, 2.05) is 19.1 Å². The van der Waals surface area contributed by atoms with Crippen molar-refractivity contribution in [3.63, 3.8) is 0 Å². The van der Waals surface area contributed by atoms with Crippen molar-refractivity contribution in [2.24, 2.45) is 0 Å². The second-order valence-electron chi connectivity index (χ2n) is 7.87. The average Bonchev–Trinajstić information content (AvgIpc) is 3.37. The van der Waals surface area contributed by atoms with Crippen LogP contribution in [0.2, 0.25) is 0 Å². The second-order valence-corrected chi connectivity index (χ2v) is 9.94. The maximum absolute atomic E-state index is 12.8. The maximum Gasteiger partial charge on any atom is 0.341 e. The summed E-state index contributed by atoms with van der Waals surface area (Å²) in [5.41, 5.74) is 2.82. The predicted molar refractivity (Wildman–Crippen MR) is 127 cm³/mol. The molecule has 184 valence electrons. The van der Waals surface area contributed by atoms with E-state index in [2.05, 4.69) is 10.6 Å². The van der Waals surface area contributed by atoms with Gasteiger partial charge in [0.05, 0.1) is 29.7 Å². The van der Waals surface area contributed by atoms with E-state index in [1.54, 1.807) is 24.0 Å². The number of carbonyl (C=O) groups excluding carboxylic acids is 3. The molecule has 2 aromatic heterocycles. The lowest BCUT2D eigenvalue weighted by Gasteiger charge is -2.25. The Morgan fingerprint density at radius 2 is 2.06 bits per heavy atom. The van der Waals surface area contributed by atoms with Gasteiger partial charge in [0.25, 0.3) is 5.03 Å². The molecule has 0 bridgehead atoms. The zero-order valence-electron chi connectivity index (χ0n) is 19.5. The normalized spacial score (nSPS) is 12.8. The van der Waals surface area contributed by atoms with Crippen LogP contribution in [0.1, 0.15) is 40.2 Å². The average molecular weight is 517 g/mol. The third-order valence-electron chi connectivity index (χ3n) is 5.43. The molecule has 10 nitrogen and oxygen atoms in total. The number of carbonyl (C=O) groups is 3. The van der Waals surface area contributed by atoms with E-state index in [0.29, 0.717) is 35.8 Å². The van der Waals surface area contributed by atoms with E-state index in [-0.39, 0.29) is 23.3 Å². The number of thioether (sulfide) groups is 1. The highest BCUT2D eigenvalue weighted by molar-refractivity contribution is 7.99. The minimum Gasteiger partial charge on any atom is -0.538 e. The smallest absolute Gasteiger partial charge is 0.341 e. The van der Waals surface area contributed by atoms with Gasteiger partial charge in [-0.25, -0.2) is 4.79 Å². The number of esters is 1. The lowest BCUT2D eigenvalue weighted by atomic mass is 10.0. The molecule has 1 aliphatic rings. The first kappa shape index (κ1) is 24.7. The number of rotatable bonds is 7. The topological polar surface area (TPSA) is 129 Å². The number of ether oxygens (including phenoxy) is 1. The Kier molecular flexibility index (Phi) is 7.41. The van der Waals surface area contributed by atoms with Crippen LogP contribution in [-0.2, 0) is 27.3 Å². The number of aromatic nitrogens is 2. The largest absolute Gasteiger partial charge is 0.538 e. The Morgan fingerprint density at radius 3 is 2.74 bits per heavy atom. The molecule has 3 heterocycles. The van der Waals surface area contributed by atoms with Gasteiger partial charge < -0.3 is 24.6 Å². The van der Waals surface area contributed by atoms with Crippen LogP contribution in [0.5, 0.6) is 5.95 Å². The van der Waals surface area contributed by atoms with Crippen molar-refractivity contribution in [2.45, 2.75) is 38.8 Å². The van der Waals surface area contributed by atoms with Gasteiger partial charge in [-0.2, -0.15) is 0 Å². The van der Waals surface area contributed by atoms with Gasteiger partial charge in [-0.15, -0.1) is 11.3 Å². The Morgan fingerprint density at radius 1 is 1.31 bits per heavy atom. The molecule has 3 aromatic rings. The van der Waals surface area contributed by atoms with Crippen LogP contribution in [-0.4, -0.2) is 46.9 Å². The summed E-state index contributed by atoms with van der Waals surface area (Å²) in [5.74, 6) is -1.72. The lowest BCUT2D eigenvalue weighted by molar-refractivity contribution is -0.705. The van der Waals surface area contributed by atoms with Crippen LogP contribution in [0.15, 0.2) is 33.8 Å². The lowest BCUT2D eigenvalue weighted by Crippen LogP contribution is -2.35. The molecule has 0 fully saturated rings. The third-order valence-corrected chi connectivity index (χ3v) is 7.58. The molecule has 0 aliphatic carbocycles. The van der Waals surface area contributed by atoms with Crippen LogP contribution in [0, 0.1) is 6.92 Å². The highest BCUT2D eigenvalue weighted by Crippen LogP contribution is 2.38. The summed E-state index contributed by atoms with van der Waals surface area (Å²) in [6.07, 6.45) is 0.501. The van der Waals surface area contributed by atoms with E-state index in [1.165, 1.54) is 22.9 Å². The first-order valence-corrected chi connectivity index (χ1v) is 12.7. The molecule has 12 heteroatoms. The van der Waals surface area contributed by atoms with E-state index in [0.717, 1.165) is 27.8 Å². The zero-order chi connectivity index (χ0) is 25.1. The minimum absolute atomic E-state index is 0.0484. The van der Waals surface area contributed by atoms with E-state index in [4.69, 9.17) is 9.26 Å². The summed E-state index contributed by atoms with van der Waals surface area (Å²) < 4.78 is 11.4. The molecular weight excluding hydrogens is 492 g/mol. The molecule has 0 spiro atoms. The van der Waals surface area contributed by atoms with Gasteiger partial charge in [-0.3, -0.25) is 9.59 Å². The van der Waals surface area contributed by atoms with Crippen LogP contribution in [0.3, 0.4) is 0 Å². The predicted octanol–water partition coefficient (Wildman–Crippen LogP) is 2.21. The van der Waals surface area contributed by atoms with Crippen molar-refractivity contribution >= 4 is 45.9 Å². The number of nitrogens with one attached hydrogen (secondary N) is 1. The number of fused-ring (bicyclic) bond motifs is 1. The van der Waals surface area contributed by atoms with E-state index < -0.39 is 17.8 Å². The fourth-order valence-corrected chi connectivity index (χ4v) is 5.71. The van der Waals surface area contributed by atoms with Gasteiger partial charge >= 0.3 is 5.97 Å². The van der Waals surface area contributed by atoms with Gasteiger partial charge in [0.1, 0.15) is 5.00 Å². The summed E-state index contributed by atoms with van der Waals surface area (Å²) in [5, 5.41) is 19.3. The van der Waals surface area contributed by atoms with Gasteiger partial charge in [0.15, 0.2) is 5.95 Å². The molecule has 0 unspecified atom stereocenters. The molecule has 0 atom stereocenters. The highest BCUT2D eigenvalue weighted by Gasteiger charge is 2.30. The van der Waals surface area contributed by atoms with Crippen molar-refractivity contribution in [2.75, 3.05) is 24.2 Å². The number of nitrogens with zero attached hydrogens (tertiary/aromatic N) is 3. The van der Waals surface area contributed by atoms with Crippen LogP contribution < -0.4 is 15.1 Å². The molecule has 1 aliphatic heterocycles. The number of aryl methyl sites for hydroxylation is 1. The van der Waals surface area contributed by atoms with Crippen molar-refractivity contribution in [3.05, 3.63) is 45.8 Å². The summed E-state index contributed by atoms with van der Waals surface area (Å²) >= 11 is 2.25. The Bertz CT molecular complexity index is 1270. The monoisotopic (exact) mass is 516 g/mol. The van der Waals surface area contributed by atoms with Crippen molar-refractivity contribution < 1.29 is 33.4 Å². The van der Waals surface area contributed by atoms with Crippen molar-refractivity contribution in [1.82, 2.24) is 10.2 Å². The third kappa shape index (κ3) is 5.33. The molecule has 35 heavy (non-hydrogen) atoms. The number of benzene rings is 1. The maximum atomic E-state index is 12.8. The number of anilines is 1. The number of hydrogen-bond donors (Lipinski definition) is 1. The zero-order valence-corrected chi connectivity index (χ0v) is 21.1. The van der Waals surface area contributed by atoms with Crippen molar-refractivity contribution in [3.8, 4) is 11.6 Å². The molecule has 2 amide bonds. The van der Waals surface area contributed by atoms with Crippen molar-refractivity contribution in [1.29, 1.82) is 0 Å². The molecular formula is C23H24N4O6S2.